The Balaban J connectivity index is 2.72. The van der Waals surface area contributed by atoms with Crippen LogP contribution in [0.3, 0.4) is 0 Å². The Kier molecular flexibility index (Phi) is 2.60. The first kappa shape index (κ1) is 10.9. The van der Waals surface area contributed by atoms with Crippen molar-refractivity contribution in [2.75, 3.05) is 0 Å². The number of aliphatic imine (C=N–C) groups is 1. The summed E-state index contributed by atoms with van der Waals surface area (Å²) in [4.78, 5) is 15.2. The van der Waals surface area contributed by atoms with Crippen LogP contribution in [0.15, 0.2) is 34.8 Å². The molecule has 0 unspecified atom stereocenters. The third kappa shape index (κ3) is 1.64. The van der Waals surface area contributed by atoms with E-state index in [0.717, 1.165) is 5.56 Å². The largest absolute Gasteiger partial charge is 0.365 e. The number of hydrogen-bond donors (Lipinski definition) is 3. The normalized spacial score (nSPS) is 15.6. The second-order valence-corrected chi connectivity index (χ2v) is 3.35. The van der Waals surface area contributed by atoms with E-state index in [-0.39, 0.29) is 11.3 Å². The molecule has 17 heavy (non-hydrogen) atoms. The zero-order valence-electron chi connectivity index (χ0n) is 8.77. The lowest BCUT2D eigenvalue weighted by Gasteiger charge is -2.01. The molecule has 0 aromatic heterocycles. The van der Waals surface area contributed by atoms with Gasteiger partial charge in [-0.2, -0.15) is 5.26 Å². The van der Waals surface area contributed by atoms with Crippen molar-refractivity contribution in [3.63, 3.8) is 0 Å². The summed E-state index contributed by atoms with van der Waals surface area (Å²) < 4.78 is 0. The summed E-state index contributed by atoms with van der Waals surface area (Å²) in [6.45, 7) is 0. The molecule has 0 fully saturated rings. The van der Waals surface area contributed by atoms with Gasteiger partial charge in [-0.05, 0) is 0 Å². The SMILES string of the molecule is N#C/C(C(N)=O)=C1/N=C(NN)c2ccccc21. The topological polar surface area (TPSA) is 117 Å². The van der Waals surface area contributed by atoms with E-state index in [1.165, 1.54) is 0 Å². The van der Waals surface area contributed by atoms with Crippen molar-refractivity contribution >= 4 is 17.4 Å². The lowest BCUT2D eigenvalue weighted by Crippen LogP contribution is -2.29. The Bertz CT molecular complexity index is 594. The highest BCUT2D eigenvalue weighted by molar-refractivity contribution is 6.14. The maximum atomic E-state index is 11.1. The van der Waals surface area contributed by atoms with E-state index in [1.54, 1.807) is 24.3 Å². The molecule has 0 saturated carbocycles. The third-order valence-corrected chi connectivity index (χ3v) is 2.39. The number of nitrogens with two attached hydrogens (primary N) is 2. The van der Waals surface area contributed by atoms with Crippen molar-refractivity contribution in [3.05, 3.63) is 41.0 Å². The molecular formula is C11H9N5O. The molecule has 6 heteroatoms. The van der Waals surface area contributed by atoms with Gasteiger partial charge in [0, 0.05) is 11.1 Å². The van der Waals surface area contributed by atoms with E-state index >= 15 is 0 Å². The highest BCUT2D eigenvalue weighted by Gasteiger charge is 2.24. The van der Waals surface area contributed by atoms with Crippen molar-refractivity contribution in [3.8, 4) is 6.07 Å². The van der Waals surface area contributed by atoms with Gasteiger partial charge in [-0.15, -0.1) is 0 Å². The van der Waals surface area contributed by atoms with Crippen molar-refractivity contribution in [1.29, 1.82) is 5.26 Å². The zero-order chi connectivity index (χ0) is 12.4. The van der Waals surface area contributed by atoms with Gasteiger partial charge in [-0.3, -0.25) is 4.79 Å². The fourth-order valence-corrected chi connectivity index (χ4v) is 1.65. The molecule has 6 nitrogen and oxygen atoms in total. The van der Waals surface area contributed by atoms with Crippen LogP contribution < -0.4 is 17.0 Å². The maximum Gasteiger partial charge on any atom is 0.261 e. The summed E-state index contributed by atoms with van der Waals surface area (Å²) in [5.41, 5.74) is 9.03. The summed E-state index contributed by atoms with van der Waals surface area (Å²) in [5, 5.41) is 8.91. The van der Waals surface area contributed by atoms with Gasteiger partial charge in [-0.25, -0.2) is 10.8 Å². The first-order chi connectivity index (χ1) is 8.19. The Morgan fingerprint density at radius 3 is 2.53 bits per heavy atom. The van der Waals surface area contributed by atoms with Gasteiger partial charge >= 0.3 is 0 Å². The lowest BCUT2D eigenvalue weighted by atomic mass is 10.0. The number of hydrazine groups is 1. The highest BCUT2D eigenvalue weighted by atomic mass is 16.1. The van der Waals surface area contributed by atoms with E-state index in [4.69, 9.17) is 16.8 Å². The summed E-state index contributed by atoms with van der Waals surface area (Å²) in [6, 6.07) is 8.89. The minimum Gasteiger partial charge on any atom is -0.365 e. The van der Waals surface area contributed by atoms with Crippen LogP contribution in [0.1, 0.15) is 11.1 Å². The fraction of sp³-hybridized carbons (Fsp3) is 0. The molecule has 0 aliphatic carbocycles. The molecule has 0 spiro atoms. The number of amides is 1. The van der Waals surface area contributed by atoms with Crippen LogP contribution in [0.4, 0.5) is 0 Å². The molecule has 1 aliphatic rings. The second kappa shape index (κ2) is 4.08. The number of primary amides is 1. The van der Waals surface area contributed by atoms with Crippen LogP contribution in [0.2, 0.25) is 0 Å². The smallest absolute Gasteiger partial charge is 0.261 e. The number of rotatable bonds is 1. The predicted molar refractivity (Wildman–Crippen MR) is 62.0 cm³/mol. The van der Waals surface area contributed by atoms with Gasteiger partial charge in [0.15, 0.2) is 0 Å². The zero-order valence-corrected chi connectivity index (χ0v) is 8.77. The standard InChI is InChI=1S/C11H9N5O/c12-5-8(10(13)17)9-6-3-1-2-4-7(6)11(15-9)16-14/h1-4H,14H2,(H2,13,17)(H,15,16)/b9-8-. The lowest BCUT2D eigenvalue weighted by molar-refractivity contribution is -0.114. The molecule has 0 bridgehead atoms. The highest BCUT2D eigenvalue weighted by Crippen LogP contribution is 2.29. The average Bonchev–Trinajstić information content (AvgIpc) is 2.69. The monoisotopic (exact) mass is 227 g/mol. The molecule has 5 N–H and O–H groups in total. The number of benzene rings is 1. The van der Waals surface area contributed by atoms with Gasteiger partial charge in [0.25, 0.3) is 5.91 Å². The summed E-state index contributed by atoms with van der Waals surface area (Å²) >= 11 is 0. The van der Waals surface area contributed by atoms with Crippen molar-refractivity contribution in [2.24, 2.45) is 16.6 Å². The van der Waals surface area contributed by atoms with E-state index in [1.807, 2.05) is 6.07 Å². The van der Waals surface area contributed by atoms with Crippen LogP contribution in [0.25, 0.3) is 5.70 Å². The molecule has 1 amide bonds. The predicted octanol–water partition coefficient (Wildman–Crippen LogP) is -0.370. The van der Waals surface area contributed by atoms with Gasteiger partial charge in [0.1, 0.15) is 17.5 Å². The molecule has 1 heterocycles. The average molecular weight is 227 g/mol. The molecule has 1 aliphatic heterocycles. The minimum atomic E-state index is -0.806. The van der Waals surface area contributed by atoms with E-state index < -0.39 is 5.91 Å². The van der Waals surface area contributed by atoms with Crippen LogP contribution in [-0.2, 0) is 4.79 Å². The Labute approximate surface area is 97.2 Å². The number of fused-ring (bicyclic) bond motifs is 1. The van der Waals surface area contributed by atoms with Crippen LogP contribution in [0.5, 0.6) is 0 Å². The Morgan fingerprint density at radius 1 is 1.35 bits per heavy atom. The van der Waals surface area contributed by atoms with Crippen LogP contribution in [-0.4, -0.2) is 11.7 Å². The molecule has 2 rings (SSSR count). The number of hydrogen-bond acceptors (Lipinski definition) is 5. The van der Waals surface area contributed by atoms with Crippen molar-refractivity contribution in [2.45, 2.75) is 0 Å². The molecule has 0 atom stereocenters. The van der Waals surface area contributed by atoms with Gasteiger partial charge in [-0.1, -0.05) is 24.3 Å². The third-order valence-electron chi connectivity index (χ3n) is 2.39. The Morgan fingerprint density at radius 2 is 2.00 bits per heavy atom. The maximum absolute atomic E-state index is 11.1. The van der Waals surface area contributed by atoms with Gasteiger partial charge in [0.2, 0.25) is 0 Å². The van der Waals surface area contributed by atoms with E-state index in [9.17, 15) is 4.79 Å². The number of carbonyl (C=O) groups is 1. The molecule has 0 radical (unpaired) electrons. The van der Waals surface area contributed by atoms with Crippen molar-refractivity contribution < 1.29 is 4.79 Å². The second-order valence-electron chi connectivity index (χ2n) is 3.35. The van der Waals surface area contributed by atoms with Gasteiger partial charge < -0.3 is 11.2 Å². The molecule has 1 aromatic rings. The molecular weight excluding hydrogens is 218 g/mol. The van der Waals surface area contributed by atoms with Crippen molar-refractivity contribution in [1.82, 2.24) is 5.43 Å². The fourth-order valence-electron chi connectivity index (χ4n) is 1.65. The number of carbonyl (C=O) groups excluding carboxylic acids is 1. The molecule has 1 aromatic carbocycles. The van der Waals surface area contributed by atoms with Crippen LogP contribution in [0, 0.1) is 11.3 Å². The summed E-state index contributed by atoms with van der Waals surface area (Å²) in [6.07, 6.45) is 0. The number of nitrogens with one attached hydrogen (secondary N) is 1. The van der Waals surface area contributed by atoms with Crippen LogP contribution >= 0.6 is 0 Å². The Hall–Kier alpha value is -2.65. The quantitative estimate of drug-likeness (QED) is 0.262. The first-order valence-corrected chi connectivity index (χ1v) is 4.78. The molecule has 84 valence electrons. The number of amidine groups is 1. The minimum absolute atomic E-state index is 0.178. The first-order valence-electron chi connectivity index (χ1n) is 4.78. The number of nitriles is 1. The number of nitrogens with zero attached hydrogens (tertiary/aromatic N) is 2. The van der Waals surface area contributed by atoms with Gasteiger partial charge in [0.05, 0.1) is 5.70 Å². The van der Waals surface area contributed by atoms with E-state index in [2.05, 4.69) is 10.4 Å². The summed E-state index contributed by atoms with van der Waals surface area (Å²) in [5.74, 6) is 4.93. The summed E-state index contributed by atoms with van der Waals surface area (Å²) in [7, 11) is 0. The van der Waals surface area contributed by atoms with E-state index in [0.29, 0.717) is 11.4 Å². The molecule has 0 saturated heterocycles.